The van der Waals surface area contributed by atoms with E-state index in [1.807, 2.05) is 18.7 Å². The lowest BCUT2D eigenvalue weighted by Gasteiger charge is -2.06. The fourth-order valence-corrected chi connectivity index (χ4v) is 2.64. The fraction of sp³-hybridized carbons (Fsp3) is 0.667. The van der Waals surface area contributed by atoms with Crippen LogP contribution >= 0.6 is 23.1 Å². The predicted molar refractivity (Wildman–Crippen MR) is 61.3 cm³/mol. The van der Waals surface area contributed by atoms with E-state index in [2.05, 4.69) is 17.3 Å². The highest BCUT2D eigenvalue weighted by Crippen LogP contribution is 2.15. The van der Waals surface area contributed by atoms with Gasteiger partial charge in [-0.1, -0.05) is 6.92 Å². The number of hydrogen-bond acceptors (Lipinski definition) is 4. The summed E-state index contributed by atoms with van der Waals surface area (Å²) in [6, 6.07) is 0.338. The van der Waals surface area contributed by atoms with E-state index in [1.54, 1.807) is 11.3 Å². The summed E-state index contributed by atoms with van der Waals surface area (Å²) in [5, 5.41) is 3.27. The molecule has 0 saturated heterocycles. The van der Waals surface area contributed by atoms with Gasteiger partial charge in [-0.05, 0) is 13.3 Å². The molecule has 0 aliphatic carbocycles. The monoisotopic (exact) mass is 216 g/mol. The first-order valence-corrected chi connectivity index (χ1v) is 6.50. The molecule has 0 bridgehead atoms. The highest BCUT2D eigenvalue weighted by atomic mass is 32.2. The smallest absolute Gasteiger partial charge is 0.0897 e. The summed E-state index contributed by atoms with van der Waals surface area (Å²) in [6.07, 6.45) is 1.06. The molecule has 0 saturated carbocycles. The van der Waals surface area contributed by atoms with Crippen molar-refractivity contribution in [2.45, 2.75) is 32.1 Å². The van der Waals surface area contributed by atoms with Crippen LogP contribution in [0.25, 0.3) is 0 Å². The fourth-order valence-electron chi connectivity index (χ4n) is 0.907. The zero-order valence-electron chi connectivity index (χ0n) is 8.12. The van der Waals surface area contributed by atoms with Crippen molar-refractivity contribution in [3.63, 3.8) is 0 Å². The Morgan fingerprint density at radius 2 is 2.46 bits per heavy atom. The number of nitrogens with zero attached hydrogens (tertiary/aromatic N) is 1. The van der Waals surface area contributed by atoms with Gasteiger partial charge in [0.2, 0.25) is 0 Å². The maximum Gasteiger partial charge on any atom is 0.0897 e. The zero-order valence-corrected chi connectivity index (χ0v) is 9.75. The van der Waals surface area contributed by atoms with Gasteiger partial charge in [-0.15, -0.1) is 11.3 Å². The van der Waals surface area contributed by atoms with E-state index in [-0.39, 0.29) is 0 Å². The molecule has 2 N–H and O–H groups in total. The van der Waals surface area contributed by atoms with Crippen LogP contribution in [0.2, 0.25) is 0 Å². The molecular weight excluding hydrogens is 200 g/mol. The summed E-state index contributed by atoms with van der Waals surface area (Å²) in [5.41, 5.74) is 6.99. The maximum absolute atomic E-state index is 5.80. The van der Waals surface area contributed by atoms with E-state index in [0.717, 1.165) is 22.9 Å². The molecule has 74 valence electrons. The third kappa shape index (κ3) is 4.11. The van der Waals surface area contributed by atoms with Crippen LogP contribution in [-0.4, -0.2) is 16.8 Å². The van der Waals surface area contributed by atoms with Crippen LogP contribution in [0.1, 0.15) is 24.0 Å². The first kappa shape index (κ1) is 11.0. The third-order valence-corrected chi connectivity index (χ3v) is 3.76. The molecule has 1 unspecified atom stereocenters. The number of hydrogen-bond donors (Lipinski definition) is 1. The van der Waals surface area contributed by atoms with Crippen LogP contribution in [0.4, 0.5) is 0 Å². The normalized spacial score (nSPS) is 13.2. The Morgan fingerprint density at radius 1 is 1.69 bits per heavy atom. The molecule has 0 fully saturated rings. The van der Waals surface area contributed by atoms with Crippen LogP contribution in [0.15, 0.2) is 5.38 Å². The molecule has 1 atom stereocenters. The van der Waals surface area contributed by atoms with Crippen molar-refractivity contribution in [1.29, 1.82) is 0 Å². The van der Waals surface area contributed by atoms with Gasteiger partial charge < -0.3 is 5.73 Å². The number of nitrogens with two attached hydrogens (primary N) is 1. The van der Waals surface area contributed by atoms with Gasteiger partial charge >= 0.3 is 0 Å². The molecule has 1 aromatic rings. The van der Waals surface area contributed by atoms with Crippen LogP contribution in [-0.2, 0) is 5.75 Å². The second-order valence-electron chi connectivity index (χ2n) is 3.04. The van der Waals surface area contributed by atoms with Gasteiger partial charge in [-0.2, -0.15) is 11.8 Å². The molecule has 4 heteroatoms. The Bertz CT molecular complexity index is 248. The van der Waals surface area contributed by atoms with Crippen molar-refractivity contribution < 1.29 is 0 Å². The standard InChI is InChI=1S/C9H16N2S2/c1-3-8(10)4-12-5-9-6-13-7(2)11-9/h6,8H,3-5,10H2,1-2H3. The van der Waals surface area contributed by atoms with Crippen molar-refractivity contribution >= 4 is 23.1 Å². The topological polar surface area (TPSA) is 38.9 Å². The van der Waals surface area contributed by atoms with Gasteiger partial charge in [-0.25, -0.2) is 4.98 Å². The molecule has 1 rings (SSSR count). The Balaban J connectivity index is 2.20. The summed E-state index contributed by atoms with van der Waals surface area (Å²) < 4.78 is 0. The van der Waals surface area contributed by atoms with Gasteiger partial charge in [0.25, 0.3) is 0 Å². The highest BCUT2D eigenvalue weighted by Gasteiger charge is 2.01. The SMILES string of the molecule is CCC(N)CSCc1csc(C)n1. The van der Waals surface area contributed by atoms with Gasteiger partial charge in [0.15, 0.2) is 0 Å². The minimum absolute atomic E-state index is 0.338. The van der Waals surface area contributed by atoms with Gasteiger partial charge in [0.05, 0.1) is 10.7 Å². The quantitative estimate of drug-likeness (QED) is 0.821. The molecule has 13 heavy (non-hydrogen) atoms. The average Bonchev–Trinajstić information content (AvgIpc) is 2.51. The summed E-state index contributed by atoms with van der Waals surface area (Å²) in [6.45, 7) is 4.16. The largest absolute Gasteiger partial charge is 0.327 e. The van der Waals surface area contributed by atoms with E-state index in [1.165, 1.54) is 5.69 Å². The van der Waals surface area contributed by atoms with Crippen molar-refractivity contribution in [3.8, 4) is 0 Å². The maximum atomic E-state index is 5.80. The molecule has 1 heterocycles. The second kappa shape index (κ2) is 5.62. The molecule has 0 radical (unpaired) electrons. The van der Waals surface area contributed by atoms with E-state index in [9.17, 15) is 0 Å². The number of aryl methyl sites for hydroxylation is 1. The van der Waals surface area contributed by atoms with E-state index < -0.39 is 0 Å². The van der Waals surface area contributed by atoms with Gasteiger partial charge in [0.1, 0.15) is 0 Å². The van der Waals surface area contributed by atoms with Gasteiger partial charge in [-0.3, -0.25) is 0 Å². The Hall–Kier alpha value is -0.0600. The first-order valence-electron chi connectivity index (χ1n) is 4.46. The molecule has 1 aromatic heterocycles. The lowest BCUT2D eigenvalue weighted by atomic mass is 10.3. The Labute approximate surface area is 87.9 Å². The van der Waals surface area contributed by atoms with Crippen LogP contribution in [0.5, 0.6) is 0 Å². The summed E-state index contributed by atoms with van der Waals surface area (Å²) in [7, 11) is 0. The molecule has 2 nitrogen and oxygen atoms in total. The minimum atomic E-state index is 0.338. The van der Waals surface area contributed by atoms with Crippen molar-refractivity contribution in [2.24, 2.45) is 5.73 Å². The Morgan fingerprint density at radius 3 is 3.00 bits per heavy atom. The highest BCUT2D eigenvalue weighted by molar-refractivity contribution is 7.98. The second-order valence-corrected chi connectivity index (χ2v) is 5.13. The number of thioether (sulfide) groups is 1. The van der Waals surface area contributed by atoms with Crippen LogP contribution < -0.4 is 5.73 Å². The van der Waals surface area contributed by atoms with Crippen LogP contribution in [0, 0.1) is 6.92 Å². The third-order valence-electron chi connectivity index (χ3n) is 1.77. The van der Waals surface area contributed by atoms with Crippen molar-refractivity contribution in [3.05, 3.63) is 16.1 Å². The van der Waals surface area contributed by atoms with E-state index in [4.69, 9.17) is 5.73 Å². The number of rotatable bonds is 5. The molecule has 0 aromatic carbocycles. The first-order chi connectivity index (χ1) is 6.22. The molecule has 0 aliphatic rings. The van der Waals surface area contributed by atoms with Crippen molar-refractivity contribution in [1.82, 2.24) is 4.98 Å². The summed E-state index contributed by atoms with van der Waals surface area (Å²) >= 11 is 3.58. The lowest BCUT2D eigenvalue weighted by Crippen LogP contribution is -2.21. The zero-order chi connectivity index (χ0) is 9.68. The number of thiazole rings is 1. The average molecular weight is 216 g/mol. The number of aromatic nitrogens is 1. The predicted octanol–water partition coefficient (Wildman–Crippen LogP) is 2.42. The van der Waals surface area contributed by atoms with E-state index in [0.29, 0.717) is 6.04 Å². The molecule has 0 amide bonds. The van der Waals surface area contributed by atoms with E-state index >= 15 is 0 Å². The van der Waals surface area contributed by atoms with Gasteiger partial charge in [0, 0.05) is 22.9 Å². The summed E-state index contributed by atoms with van der Waals surface area (Å²) in [5.74, 6) is 2.03. The molecular formula is C9H16N2S2. The van der Waals surface area contributed by atoms with Crippen molar-refractivity contribution in [2.75, 3.05) is 5.75 Å². The minimum Gasteiger partial charge on any atom is -0.327 e. The molecule has 0 spiro atoms. The Kier molecular flexibility index (Phi) is 4.77. The summed E-state index contributed by atoms with van der Waals surface area (Å²) in [4.78, 5) is 4.39. The van der Waals surface area contributed by atoms with Crippen LogP contribution in [0.3, 0.4) is 0 Å². The lowest BCUT2D eigenvalue weighted by molar-refractivity contribution is 0.724. The molecule has 0 aliphatic heterocycles.